The molecule has 0 aromatic heterocycles. The van der Waals surface area contributed by atoms with E-state index in [0.717, 1.165) is 56.0 Å². The van der Waals surface area contributed by atoms with Crippen LogP contribution in [0.4, 0.5) is 0 Å². The molecule has 1 fully saturated rings. The van der Waals surface area contributed by atoms with E-state index < -0.39 is 9.84 Å². The number of rotatable bonds is 11. The maximum absolute atomic E-state index is 11.8. The molecule has 0 spiro atoms. The van der Waals surface area contributed by atoms with E-state index in [1.165, 1.54) is 38.4 Å². The highest BCUT2D eigenvalue weighted by atomic mass is 32.2. The molecular formula is C23H39N3O3S. The fraction of sp³-hybridized carbons (Fsp3) is 0.696. The van der Waals surface area contributed by atoms with E-state index >= 15 is 0 Å². The number of guanidine groups is 1. The zero-order valence-corrected chi connectivity index (χ0v) is 19.7. The van der Waals surface area contributed by atoms with Gasteiger partial charge in [0.2, 0.25) is 0 Å². The van der Waals surface area contributed by atoms with Crippen molar-refractivity contribution in [2.24, 2.45) is 4.99 Å². The summed E-state index contributed by atoms with van der Waals surface area (Å²) in [4.78, 5) is 5.01. The Hall–Kier alpha value is -1.60. The number of sulfone groups is 1. The Labute approximate surface area is 182 Å². The monoisotopic (exact) mass is 437 g/mol. The third kappa shape index (κ3) is 9.04. The number of nitrogens with zero attached hydrogens (tertiary/aromatic N) is 1. The number of benzene rings is 1. The average Bonchev–Trinajstić information content (AvgIpc) is 2.71. The maximum Gasteiger partial charge on any atom is 0.191 e. The summed E-state index contributed by atoms with van der Waals surface area (Å²) in [5.74, 6) is 0.792. The van der Waals surface area contributed by atoms with Crippen LogP contribution in [-0.4, -0.2) is 46.4 Å². The highest BCUT2D eigenvalue weighted by Crippen LogP contribution is 2.20. The Morgan fingerprint density at radius 3 is 2.57 bits per heavy atom. The van der Waals surface area contributed by atoms with Crippen molar-refractivity contribution in [2.75, 3.05) is 26.0 Å². The molecule has 0 aliphatic heterocycles. The summed E-state index contributed by atoms with van der Waals surface area (Å²) < 4.78 is 29.5. The van der Waals surface area contributed by atoms with Gasteiger partial charge in [0.1, 0.15) is 0 Å². The van der Waals surface area contributed by atoms with Gasteiger partial charge >= 0.3 is 0 Å². The summed E-state index contributed by atoms with van der Waals surface area (Å²) in [6, 6.07) is 5.41. The molecule has 0 bridgehead atoms. The van der Waals surface area contributed by atoms with Crippen molar-refractivity contribution in [3.05, 3.63) is 29.3 Å². The number of hydrogen-bond donors (Lipinski definition) is 2. The first-order valence-electron chi connectivity index (χ1n) is 11.3. The molecule has 2 rings (SSSR count). The minimum Gasteiger partial charge on any atom is -0.378 e. The molecule has 0 heterocycles. The molecule has 1 aliphatic carbocycles. The van der Waals surface area contributed by atoms with Crippen LogP contribution in [0.2, 0.25) is 0 Å². The van der Waals surface area contributed by atoms with Crippen LogP contribution in [0, 0.1) is 6.92 Å². The lowest BCUT2D eigenvalue weighted by molar-refractivity contribution is 0.0264. The Morgan fingerprint density at radius 2 is 1.90 bits per heavy atom. The van der Waals surface area contributed by atoms with Crippen molar-refractivity contribution < 1.29 is 13.2 Å². The van der Waals surface area contributed by atoms with Crippen LogP contribution >= 0.6 is 0 Å². The summed E-state index contributed by atoms with van der Waals surface area (Å²) in [5.41, 5.74) is 1.76. The van der Waals surface area contributed by atoms with E-state index in [1.54, 1.807) is 6.07 Å². The second kappa shape index (κ2) is 13.0. The molecule has 0 amide bonds. The Kier molecular flexibility index (Phi) is 10.6. The minimum atomic E-state index is -3.19. The molecule has 0 atom stereocenters. The Bertz CT molecular complexity index is 772. The second-order valence-electron chi connectivity index (χ2n) is 8.19. The summed E-state index contributed by atoms with van der Waals surface area (Å²) in [6.07, 6.45) is 11.6. The lowest BCUT2D eigenvalue weighted by atomic mass is 9.98. The summed E-state index contributed by atoms with van der Waals surface area (Å²) in [6.45, 7) is 6.93. The van der Waals surface area contributed by atoms with E-state index in [4.69, 9.17) is 4.74 Å². The molecule has 1 aromatic carbocycles. The van der Waals surface area contributed by atoms with Gasteiger partial charge in [-0.05, 0) is 63.1 Å². The van der Waals surface area contributed by atoms with Crippen LogP contribution in [0.25, 0.3) is 0 Å². The van der Waals surface area contributed by atoms with E-state index in [1.807, 2.05) is 26.0 Å². The number of aliphatic imine (C=N–C) groups is 1. The Morgan fingerprint density at radius 1 is 1.13 bits per heavy atom. The smallest absolute Gasteiger partial charge is 0.191 e. The van der Waals surface area contributed by atoms with Crippen molar-refractivity contribution in [3.63, 3.8) is 0 Å². The van der Waals surface area contributed by atoms with Crippen LogP contribution in [0.3, 0.4) is 0 Å². The largest absolute Gasteiger partial charge is 0.378 e. The molecule has 2 N–H and O–H groups in total. The maximum atomic E-state index is 11.8. The Balaban J connectivity index is 1.70. The molecule has 0 unspecified atom stereocenters. The standard InChI is InChI=1S/C23H39N3O3S/c1-4-24-23(25-15-9-6-10-16-29-21-11-7-5-8-12-21)26-18-20-13-14-22(19(2)17-20)30(3,27)28/h13-14,17,21H,4-12,15-16,18H2,1-3H3,(H2,24,25,26). The molecule has 0 saturated heterocycles. The zero-order valence-electron chi connectivity index (χ0n) is 18.9. The molecule has 0 radical (unpaired) electrons. The first-order valence-corrected chi connectivity index (χ1v) is 13.2. The van der Waals surface area contributed by atoms with Gasteiger partial charge < -0.3 is 15.4 Å². The first kappa shape index (κ1) is 24.7. The zero-order chi connectivity index (χ0) is 21.8. The topological polar surface area (TPSA) is 79.8 Å². The molecule has 6 nitrogen and oxygen atoms in total. The third-order valence-electron chi connectivity index (χ3n) is 5.42. The van der Waals surface area contributed by atoms with Gasteiger partial charge in [-0.3, -0.25) is 0 Å². The van der Waals surface area contributed by atoms with Gasteiger partial charge in [-0.1, -0.05) is 31.4 Å². The van der Waals surface area contributed by atoms with Crippen molar-refractivity contribution in [1.29, 1.82) is 0 Å². The van der Waals surface area contributed by atoms with E-state index in [0.29, 0.717) is 17.5 Å². The lowest BCUT2D eigenvalue weighted by Gasteiger charge is -2.21. The van der Waals surface area contributed by atoms with Crippen molar-refractivity contribution >= 4 is 15.8 Å². The number of unbranched alkanes of at least 4 members (excludes halogenated alkanes) is 2. The van der Waals surface area contributed by atoms with Gasteiger partial charge in [-0.15, -0.1) is 0 Å². The highest BCUT2D eigenvalue weighted by molar-refractivity contribution is 7.90. The first-order chi connectivity index (χ1) is 14.4. The molecule has 1 aromatic rings. The van der Waals surface area contributed by atoms with Crippen LogP contribution < -0.4 is 10.6 Å². The van der Waals surface area contributed by atoms with E-state index in [2.05, 4.69) is 15.6 Å². The minimum absolute atomic E-state index is 0.382. The summed E-state index contributed by atoms with van der Waals surface area (Å²) >= 11 is 0. The summed E-state index contributed by atoms with van der Waals surface area (Å²) in [5, 5.41) is 6.65. The third-order valence-corrected chi connectivity index (χ3v) is 6.68. The number of hydrogen-bond acceptors (Lipinski definition) is 4. The molecular weight excluding hydrogens is 398 g/mol. The normalized spacial score (nSPS) is 15.9. The number of ether oxygens (including phenoxy) is 1. The van der Waals surface area contributed by atoms with Gasteiger partial charge in [0.05, 0.1) is 17.5 Å². The molecule has 1 saturated carbocycles. The average molecular weight is 438 g/mol. The number of aryl methyl sites for hydroxylation is 1. The molecule has 7 heteroatoms. The van der Waals surface area contributed by atoms with Gasteiger partial charge in [0, 0.05) is 26.0 Å². The quantitative estimate of drug-likeness (QED) is 0.311. The van der Waals surface area contributed by atoms with Gasteiger partial charge in [-0.2, -0.15) is 0 Å². The summed E-state index contributed by atoms with van der Waals surface area (Å²) in [7, 11) is -3.19. The van der Waals surface area contributed by atoms with Crippen LogP contribution in [0.5, 0.6) is 0 Å². The highest BCUT2D eigenvalue weighted by Gasteiger charge is 2.13. The van der Waals surface area contributed by atoms with Crippen molar-refractivity contribution in [3.8, 4) is 0 Å². The fourth-order valence-corrected chi connectivity index (χ4v) is 4.79. The molecule has 1 aliphatic rings. The lowest BCUT2D eigenvalue weighted by Crippen LogP contribution is -2.37. The predicted molar refractivity (Wildman–Crippen MR) is 124 cm³/mol. The number of nitrogens with one attached hydrogen (secondary N) is 2. The van der Waals surface area contributed by atoms with Gasteiger partial charge in [-0.25, -0.2) is 13.4 Å². The fourth-order valence-electron chi connectivity index (χ4n) is 3.83. The van der Waals surface area contributed by atoms with Crippen LogP contribution in [-0.2, 0) is 21.1 Å². The predicted octanol–water partition coefficient (Wildman–Crippen LogP) is 3.97. The molecule has 170 valence electrons. The molecule has 30 heavy (non-hydrogen) atoms. The van der Waals surface area contributed by atoms with E-state index in [9.17, 15) is 8.42 Å². The van der Waals surface area contributed by atoms with Crippen molar-refractivity contribution in [2.45, 2.75) is 82.8 Å². The second-order valence-corrected chi connectivity index (χ2v) is 10.2. The van der Waals surface area contributed by atoms with Crippen LogP contribution in [0.15, 0.2) is 28.1 Å². The van der Waals surface area contributed by atoms with Gasteiger partial charge in [0.25, 0.3) is 0 Å². The van der Waals surface area contributed by atoms with Gasteiger partial charge in [0.15, 0.2) is 15.8 Å². The SMILES string of the molecule is CCNC(=NCc1ccc(S(C)(=O)=O)c(C)c1)NCCCCCOC1CCCCC1. The van der Waals surface area contributed by atoms with Crippen LogP contribution in [0.1, 0.15) is 69.4 Å². The van der Waals surface area contributed by atoms with Crippen molar-refractivity contribution in [1.82, 2.24) is 10.6 Å². The van der Waals surface area contributed by atoms with E-state index in [-0.39, 0.29) is 0 Å².